The van der Waals surface area contributed by atoms with Gasteiger partial charge in [-0.3, -0.25) is 19.7 Å². The predicted molar refractivity (Wildman–Crippen MR) is 105 cm³/mol. The Hall–Kier alpha value is -3.00. The number of hydrogen-bond acceptors (Lipinski definition) is 4. The van der Waals surface area contributed by atoms with Gasteiger partial charge in [0.25, 0.3) is 11.2 Å². The summed E-state index contributed by atoms with van der Waals surface area (Å²) in [6.45, 7) is 3.47. The van der Waals surface area contributed by atoms with Crippen LogP contribution in [0.5, 0.6) is 0 Å². The molecule has 0 aliphatic rings. The summed E-state index contributed by atoms with van der Waals surface area (Å²) in [5, 5.41) is 10.9. The Morgan fingerprint density at radius 1 is 1.15 bits per heavy atom. The van der Waals surface area contributed by atoms with Crippen molar-refractivity contribution in [1.29, 1.82) is 0 Å². The number of rotatable bonds is 5. The Balaban J connectivity index is 1.96. The Morgan fingerprint density at radius 3 is 2.44 bits per heavy atom. The summed E-state index contributed by atoms with van der Waals surface area (Å²) in [6, 6.07) is 11.7. The second-order valence-electron chi connectivity index (χ2n) is 6.13. The number of carbonyl (C=O) groups is 1. The molecule has 0 aliphatic carbocycles. The number of hydrogen-bond donors (Lipinski definition) is 0. The fourth-order valence-corrected chi connectivity index (χ4v) is 3.29. The fourth-order valence-electron chi connectivity index (χ4n) is 3.02. The molecule has 0 aliphatic heterocycles. The largest absolute Gasteiger partial charge is 0.318 e. The highest BCUT2D eigenvalue weighted by atomic mass is 79.9. The van der Waals surface area contributed by atoms with Crippen LogP contribution in [0.1, 0.15) is 21.7 Å². The second kappa shape index (κ2) is 7.32. The minimum Gasteiger partial charge on any atom is -0.318 e. The van der Waals surface area contributed by atoms with Crippen molar-refractivity contribution in [2.45, 2.75) is 20.4 Å². The minimum absolute atomic E-state index is 0.234. The number of nitro groups is 1. The molecular weight excluding hydrogens is 414 g/mol. The van der Waals surface area contributed by atoms with Gasteiger partial charge in [0.15, 0.2) is 5.78 Å². The van der Waals surface area contributed by atoms with Gasteiger partial charge in [-0.15, -0.1) is 0 Å². The third kappa shape index (κ3) is 3.75. The van der Waals surface area contributed by atoms with Gasteiger partial charge in [-0.05, 0) is 44.2 Å². The molecule has 138 valence electrons. The number of carbonyl (C=O) groups excluding carboxylic acids is 1. The zero-order valence-electron chi connectivity index (χ0n) is 14.7. The lowest BCUT2D eigenvalue weighted by molar-refractivity contribution is -0.385. The lowest BCUT2D eigenvalue weighted by Gasteiger charge is -2.10. The Kier molecular flexibility index (Phi) is 5.09. The van der Waals surface area contributed by atoms with Gasteiger partial charge in [0.1, 0.15) is 0 Å². The first-order valence-corrected chi connectivity index (χ1v) is 8.90. The van der Waals surface area contributed by atoms with Crippen LogP contribution in [0.2, 0.25) is 0 Å². The number of pyridine rings is 1. The van der Waals surface area contributed by atoms with Gasteiger partial charge in [-0.1, -0.05) is 15.9 Å². The molecule has 0 saturated carbocycles. The summed E-state index contributed by atoms with van der Waals surface area (Å²) in [5.74, 6) is -0.283. The van der Waals surface area contributed by atoms with Gasteiger partial charge in [-0.25, -0.2) is 0 Å². The molecule has 7 nitrogen and oxygen atoms in total. The number of ketones is 1. The van der Waals surface area contributed by atoms with Crippen LogP contribution in [-0.4, -0.2) is 19.8 Å². The predicted octanol–water partition coefficient (Wildman–Crippen LogP) is 3.81. The maximum absolute atomic E-state index is 12.8. The van der Waals surface area contributed by atoms with Crippen molar-refractivity contribution >= 4 is 27.4 Å². The van der Waals surface area contributed by atoms with Crippen molar-refractivity contribution in [2.24, 2.45) is 0 Å². The summed E-state index contributed by atoms with van der Waals surface area (Å²) in [4.78, 5) is 35.0. The van der Waals surface area contributed by atoms with Crippen molar-refractivity contribution in [3.8, 4) is 5.69 Å². The summed E-state index contributed by atoms with van der Waals surface area (Å²) >= 11 is 3.40. The van der Waals surface area contributed by atoms with E-state index in [0.717, 1.165) is 44.4 Å². The van der Waals surface area contributed by atoms with E-state index in [1.54, 1.807) is 6.07 Å². The minimum atomic E-state index is -0.597. The van der Waals surface area contributed by atoms with Crippen LogP contribution in [-0.2, 0) is 6.54 Å². The molecule has 0 spiro atoms. The van der Waals surface area contributed by atoms with Gasteiger partial charge in [0.2, 0.25) is 0 Å². The highest BCUT2D eigenvalue weighted by Gasteiger charge is 2.18. The summed E-state index contributed by atoms with van der Waals surface area (Å²) in [7, 11) is 0. The van der Waals surface area contributed by atoms with Crippen molar-refractivity contribution in [3.63, 3.8) is 0 Å². The first kappa shape index (κ1) is 18.8. The molecular formula is C19H16BrN3O4. The quantitative estimate of drug-likeness (QED) is 0.350. The smallest absolute Gasteiger partial charge is 0.285 e. The Morgan fingerprint density at radius 2 is 1.81 bits per heavy atom. The van der Waals surface area contributed by atoms with E-state index in [-0.39, 0.29) is 18.0 Å². The van der Waals surface area contributed by atoms with E-state index in [1.807, 2.05) is 42.7 Å². The molecule has 0 N–H and O–H groups in total. The third-order valence-corrected chi connectivity index (χ3v) is 4.84. The molecule has 2 aromatic heterocycles. The van der Waals surface area contributed by atoms with Gasteiger partial charge < -0.3 is 9.13 Å². The topological polar surface area (TPSA) is 87.1 Å². The lowest BCUT2D eigenvalue weighted by atomic mass is 10.1. The number of Topliss-reactive ketones (excluding diaryl/α,β-unsaturated/α-hetero) is 1. The second-order valence-corrected chi connectivity index (χ2v) is 7.05. The number of aromatic nitrogens is 2. The lowest BCUT2D eigenvalue weighted by Crippen LogP contribution is -2.23. The number of benzene rings is 1. The van der Waals surface area contributed by atoms with Crippen molar-refractivity contribution in [3.05, 3.63) is 90.6 Å². The van der Waals surface area contributed by atoms with E-state index in [4.69, 9.17) is 0 Å². The first-order valence-electron chi connectivity index (χ1n) is 8.11. The highest BCUT2D eigenvalue weighted by Crippen LogP contribution is 2.23. The summed E-state index contributed by atoms with van der Waals surface area (Å²) in [5.41, 5.74) is 2.33. The standard InChI is InChI=1S/C19H16BrN3O4/c1-12-9-17(13(2)22(12)15-5-3-14(20)4-6-15)18(24)11-21-10-16(23(26)27)7-8-19(21)25/h3-10H,11H2,1-2H3. The molecule has 0 bridgehead atoms. The van der Waals surface area contributed by atoms with Crippen LogP contribution >= 0.6 is 15.9 Å². The van der Waals surface area contributed by atoms with E-state index in [1.165, 1.54) is 0 Å². The van der Waals surface area contributed by atoms with Crippen LogP contribution < -0.4 is 5.56 Å². The molecule has 8 heteroatoms. The molecule has 0 atom stereocenters. The average molecular weight is 430 g/mol. The van der Waals surface area contributed by atoms with E-state index in [0.29, 0.717) is 5.56 Å². The maximum Gasteiger partial charge on any atom is 0.285 e. The van der Waals surface area contributed by atoms with E-state index >= 15 is 0 Å². The molecule has 3 aromatic rings. The molecule has 0 amide bonds. The molecule has 2 heterocycles. The Labute approximate surface area is 163 Å². The van der Waals surface area contributed by atoms with Crippen LogP contribution in [0.15, 0.2) is 57.9 Å². The van der Waals surface area contributed by atoms with Gasteiger partial charge in [0.05, 0.1) is 17.7 Å². The van der Waals surface area contributed by atoms with Crippen molar-refractivity contribution in [1.82, 2.24) is 9.13 Å². The maximum atomic E-state index is 12.8. The van der Waals surface area contributed by atoms with Gasteiger partial charge in [0, 0.05) is 39.2 Å². The molecule has 0 fully saturated rings. The SMILES string of the molecule is Cc1cc(C(=O)Cn2cc([N+](=O)[O-])ccc2=O)c(C)n1-c1ccc(Br)cc1. The van der Waals surface area contributed by atoms with E-state index in [2.05, 4.69) is 15.9 Å². The fraction of sp³-hybridized carbons (Fsp3) is 0.158. The molecule has 0 unspecified atom stereocenters. The van der Waals surface area contributed by atoms with Crippen molar-refractivity contribution in [2.75, 3.05) is 0 Å². The molecule has 3 rings (SSSR count). The number of halogens is 1. The molecule has 1 aromatic carbocycles. The van der Waals surface area contributed by atoms with Crippen LogP contribution in [0.3, 0.4) is 0 Å². The summed E-state index contributed by atoms with van der Waals surface area (Å²) in [6.07, 6.45) is 1.09. The zero-order valence-corrected chi connectivity index (χ0v) is 16.3. The molecule has 27 heavy (non-hydrogen) atoms. The van der Waals surface area contributed by atoms with E-state index < -0.39 is 10.5 Å². The third-order valence-electron chi connectivity index (χ3n) is 4.31. The number of nitrogens with zero attached hydrogens (tertiary/aromatic N) is 3. The van der Waals surface area contributed by atoms with Crippen LogP contribution in [0.25, 0.3) is 5.69 Å². The van der Waals surface area contributed by atoms with Crippen molar-refractivity contribution < 1.29 is 9.72 Å². The molecule has 0 saturated heterocycles. The molecule has 0 radical (unpaired) electrons. The Bertz CT molecular complexity index is 1100. The van der Waals surface area contributed by atoms with Gasteiger partial charge in [-0.2, -0.15) is 0 Å². The monoisotopic (exact) mass is 429 g/mol. The first-order chi connectivity index (χ1) is 12.8. The zero-order chi connectivity index (χ0) is 19.7. The van der Waals surface area contributed by atoms with Crippen LogP contribution in [0, 0.1) is 24.0 Å². The normalized spacial score (nSPS) is 10.8. The highest BCUT2D eigenvalue weighted by molar-refractivity contribution is 9.10. The van der Waals surface area contributed by atoms with Gasteiger partial charge >= 0.3 is 0 Å². The van der Waals surface area contributed by atoms with Crippen LogP contribution in [0.4, 0.5) is 5.69 Å². The van der Waals surface area contributed by atoms with E-state index in [9.17, 15) is 19.7 Å². The number of aryl methyl sites for hydroxylation is 1. The average Bonchev–Trinajstić information content (AvgIpc) is 2.92. The summed E-state index contributed by atoms with van der Waals surface area (Å²) < 4.78 is 3.97.